The Bertz CT molecular complexity index is 420. The molecule has 1 N–H and O–H groups in total. The lowest BCUT2D eigenvalue weighted by atomic mass is 10.0. The second-order valence-corrected chi connectivity index (χ2v) is 5.93. The van der Waals surface area contributed by atoms with Gasteiger partial charge in [-0.3, -0.25) is 0 Å². The van der Waals surface area contributed by atoms with E-state index in [2.05, 4.69) is 47.4 Å². The van der Waals surface area contributed by atoms with Crippen LogP contribution in [0, 0.1) is 0 Å². The molecule has 106 valence electrons. The maximum Gasteiger partial charge on any atom is 0.0642 e. The van der Waals surface area contributed by atoms with Crippen molar-refractivity contribution in [3.05, 3.63) is 28.8 Å². The van der Waals surface area contributed by atoms with Gasteiger partial charge >= 0.3 is 0 Å². The number of nitrogens with one attached hydrogen (secondary N) is 1. The summed E-state index contributed by atoms with van der Waals surface area (Å²) >= 11 is 6.44. The summed E-state index contributed by atoms with van der Waals surface area (Å²) in [6, 6.07) is 7.03. The quantitative estimate of drug-likeness (QED) is 0.915. The standard InChI is InChI=1S/C15H24ClN3/c1-17-10-12-6-7-15(14(16)9-12)19-8-4-5-13(11-19)18(2)3/h6-7,9,13,17H,4-5,8,10-11H2,1-3H3. The smallest absolute Gasteiger partial charge is 0.0642 e. The van der Waals surface area contributed by atoms with Crippen LogP contribution >= 0.6 is 11.6 Å². The molecule has 0 radical (unpaired) electrons. The van der Waals surface area contributed by atoms with Crippen LogP contribution in [0.5, 0.6) is 0 Å². The fraction of sp³-hybridized carbons (Fsp3) is 0.600. The zero-order valence-electron chi connectivity index (χ0n) is 12.1. The van der Waals surface area contributed by atoms with Crippen molar-refractivity contribution in [2.75, 3.05) is 39.1 Å². The van der Waals surface area contributed by atoms with Gasteiger partial charge in [-0.25, -0.2) is 0 Å². The molecule has 0 spiro atoms. The van der Waals surface area contributed by atoms with Gasteiger partial charge in [-0.2, -0.15) is 0 Å². The number of halogens is 1. The summed E-state index contributed by atoms with van der Waals surface area (Å²) in [7, 11) is 6.27. The van der Waals surface area contributed by atoms with Gasteiger partial charge < -0.3 is 15.1 Å². The van der Waals surface area contributed by atoms with E-state index in [1.165, 1.54) is 24.1 Å². The van der Waals surface area contributed by atoms with E-state index in [4.69, 9.17) is 11.6 Å². The molecule has 0 aromatic heterocycles. The number of rotatable bonds is 4. The summed E-state index contributed by atoms with van der Waals surface area (Å²) in [5, 5.41) is 4.02. The molecule has 1 aliphatic heterocycles. The van der Waals surface area contributed by atoms with E-state index in [0.717, 1.165) is 24.7 Å². The third-order valence-electron chi connectivity index (χ3n) is 3.86. The van der Waals surface area contributed by atoms with E-state index < -0.39 is 0 Å². The van der Waals surface area contributed by atoms with E-state index in [-0.39, 0.29) is 0 Å². The molecule has 1 atom stereocenters. The highest BCUT2D eigenvalue weighted by Gasteiger charge is 2.22. The highest BCUT2D eigenvalue weighted by molar-refractivity contribution is 6.33. The van der Waals surface area contributed by atoms with E-state index in [0.29, 0.717) is 6.04 Å². The maximum atomic E-state index is 6.44. The van der Waals surface area contributed by atoms with Crippen molar-refractivity contribution in [2.24, 2.45) is 0 Å². The number of benzene rings is 1. The molecule has 1 aromatic rings. The molecule has 1 aliphatic rings. The molecular formula is C15H24ClN3. The monoisotopic (exact) mass is 281 g/mol. The number of hydrogen-bond donors (Lipinski definition) is 1. The normalized spacial score (nSPS) is 20.1. The average molecular weight is 282 g/mol. The molecule has 1 heterocycles. The Kier molecular flexibility index (Phi) is 5.08. The van der Waals surface area contributed by atoms with Crippen molar-refractivity contribution in [3.63, 3.8) is 0 Å². The maximum absolute atomic E-state index is 6.44. The highest BCUT2D eigenvalue weighted by Crippen LogP contribution is 2.29. The molecule has 2 rings (SSSR count). The second-order valence-electron chi connectivity index (χ2n) is 5.52. The Balaban J connectivity index is 2.12. The highest BCUT2D eigenvalue weighted by atomic mass is 35.5. The first-order chi connectivity index (χ1) is 9.11. The molecule has 0 amide bonds. The van der Waals surface area contributed by atoms with Crippen LogP contribution in [-0.2, 0) is 6.54 Å². The van der Waals surface area contributed by atoms with Gasteiger partial charge in [0.25, 0.3) is 0 Å². The van der Waals surface area contributed by atoms with Crippen LogP contribution in [0.2, 0.25) is 5.02 Å². The van der Waals surface area contributed by atoms with Gasteiger partial charge in [-0.15, -0.1) is 0 Å². The SMILES string of the molecule is CNCc1ccc(N2CCCC(N(C)C)C2)c(Cl)c1. The molecule has 0 saturated carbocycles. The topological polar surface area (TPSA) is 18.5 Å². The van der Waals surface area contributed by atoms with Gasteiger partial charge in [-0.1, -0.05) is 17.7 Å². The fourth-order valence-corrected chi connectivity index (χ4v) is 3.04. The van der Waals surface area contributed by atoms with Crippen LogP contribution in [0.25, 0.3) is 0 Å². The molecule has 1 aromatic carbocycles. The summed E-state index contributed by atoms with van der Waals surface area (Å²) < 4.78 is 0. The molecule has 1 fully saturated rings. The molecule has 3 nitrogen and oxygen atoms in total. The lowest BCUT2D eigenvalue weighted by Gasteiger charge is -2.38. The Morgan fingerprint density at radius 1 is 1.42 bits per heavy atom. The Labute approximate surface area is 121 Å². The number of piperidine rings is 1. The van der Waals surface area contributed by atoms with E-state index in [1.54, 1.807) is 0 Å². The Morgan fingerprint density at radius 3 is 2.84 bits per heavy atom. The minimum Gasteiger partial charge on any atom is -0.369 e. The number of likely N-dealkylation sites (N-methyl/N-ethyl adjacent to an activating group) is 1. The van der Waals surface area contributed by atoms with Crippen LogP contribution in [0.15, 0.2) is 18.2 Å². The van der Waals surface area contributed by atoms with Gasteiger partial charge in [0, 0.05) is 25.7 Å². The predicted molar refractivity (Wildman–Crippen MR) is 83.1 cm³/mol. The van der Waals surface area contributed by atoms with E-state index >= 15 is 0 Å². The lowest BCUT2D eigenvalue weighted by molar-refractivity contribution is 0.258. The van der Waals surface area contributed by atoms with Gasteiger partial charge in [0.1, 0.15) is 0 Å². The van der Waals surface area contributed by atoms with Gasteiger partial charge in [0.05, 0.1) is 10.7 Å². The second kappa shape index (κ2) is 6.60. The molecular weight excluding hydrogens is 258 g/mol. The minimum atomic E-state index is 0.627. The summed E-state index contributed by atoms with van der Waals surface area (Å²) in [4.78, 5) is 4.73. The molecule has 1 unspecified atom stereocenters. The van der Waals surface area contributed by atoms with Crippen LogP contribution < -0.4 is 10.2 Å². The fourth-order valence-electron chi connectivity index (χ4n) is 2.72. The van der Waals surface area contributed by atoms with Crippen molar-refractivity contribution in [2.45, 2.75) is 25.4 Å². The van der Waals surface area contributed by atoms with Crippen LogP contribution in [0.3, 0.4) is 0 Å². The first kappa shape index (κ1) is 14.6. The number of anilines is 1. The van der Waals surface area contributed by atoms with Gasteiger partial charge in [0.15, 0.2) is 0 Å². The zero-order chi connectivity index (χ0) is 13.8. The minimum absolute atomic E-state index is 0.627. The predicted octanol–water partition coefficient (Wildman–Crippen LogP) is 2.59. The van der Waals surface area contributed by atoms with Crippen LogP contribution in [-0.4, -0.2) is 45.2 Å². The largest absolute Gasteiger partial charge is 0.369 e. The lowest BCUT2D eigenvalue weighted by Crippen LogP contribution is -2.45. The summed E-state index contributed by atoms with van der Waals surface area (Å²) in [5.74, 6) is 0. The summed E-state index contributed by atoms with van der Waals surface area (Å²) in [6.45, 7) is 3.04. The van der Waals surface area contributed by atoms with Crippen LogP contribution in [0.1, 0.15) is 18.4 Å². The van der Waals surface area contributed by atoms with E-state index in [9.17, 15) is 0 Å². The van der Waals surface area contributed by atoms with Crippen molar-refractivity contribution in [3.8, 4) is 0 Å². The Hall–Kier alpha value is -0.770. The molecule has 19 heavy (non-hydrogen) atoms. The zero-order valence-corrected chi connectivity index (χ0v) is 12.9. The number of hydrogen-bond acceptors (Lipinski definition) is 3. The van der Waals surface area contributed by atoms with Crippen LogP contribution in [0.4, 0.5) is 5.69 Å². The number of nitrogens with zero attached hydrogens (tertiary/aromatic N) is 2. The average Bonchev–Trinajstić information content (AvgIpc) is 2.39. The van der Waals surface area contributed by atoms with Crippen molar-refractivity contribution >= 4 is 17.3 Å². The summed E-state index contributed by atoms with van der Waals surface area (Å²) in [5.41, 5.74) is 2.41. The van der Waals surface area contributed by atoms with Crippen molar-refractivity contribution in [1.82, 2.24) is 10.2 Å². The third-order valence-corrected chi connectivity index (χ3v) is 4.16. The third kappa shape index (κ3) is 3.62. The molecule has 0 aliphatic carbocycles. The van der Waals surface area contributed by atoms with Crippen molar-refractivity contribution in [1.29, 1.82) is 0 Å². The molecule has 4 heteroatoms. The van der Waals surface area contributed by atoms with Gasteiger partial charge in [0.2, 0.25) is 0 Å². The first-order valence-corrected chi connectivity index (χ1v) is 7.34. The molecule has 0 bridgehead atoms. The van der Waals surface area contributed by atoms with E-state index in [1.807, 2.05) is 7.05 Å². The Morgan fingerprint density at radius 2 is 2.21 bits per heavy atom. The first-order valence-electron chi connectivity index (χ1n) is 6.96. The molecule has 1 saturated heterocycles. The van der Waals surface area contributed by atoms with Crippen molar-refractivity contribution < 1.29 is 0 Å². The van der Waals surface area contributed by atoms with Gasteiger partial charge in [-0.05, 0) is 51.7 Å². The summed E-state index contributed by atoms with van der Waals surface area (Å²) in [6.07, 6.45) is 2.51.